The second kappa shape index (κ2) is 8.38. The van der Waals surface area contributed by atoms with Crippen LogP contribution in [0.2, 0.25) is 0 Å². The average Bonchev–Trinajstić information content (AvgIpc) is 2.40. The summed E-state index contributed by atoms with van der Waals surface area (Å²) in [6.07, 6.45) is 3.30. The summed E-state index contributed by atoms with van der Waals surface area (Å²) in [5, 5.41) is 0. The summed E-state index contributed by atoms with van der Waals surface area (Å²) in [6, 6.07) is 0. The Morgan fingerprint density at radius 2 is 1.42 bits per heavy atom. The molecule has 0 unspecified atom stereocenters. The number of carbonyl (C=O) groups is 1. The van der Waals surface area contributed by atoms with Crippen molar-refractivity contribution in [1.29, 1.82) is 0 Å². The molecule has 0 aliphatic carbocycles. The zero-order valence-corrected chi connectivity index (χ0v) is 12.4. The number of rotatable bonds is 0. The van der Waals surface area contributed by atoms with Gasteiger partial charge in [0.1, 0.15) is 5.60 Å². The molecule has 2 fully saturated rings. The van der Waals surface area contributed by atoms with Crippen molar-refractivity contribution in [3.05, 3.63) is 0 Å². The summed E-state index contributed by atoms with van der Waals surface area (Å²) in [5.74, 6) is 0. The van der Waals surface area contributed by atoms with Crippen molar-refractivity contribution in [2.45, 2.75) is 45.6 Å². The number of nitrogens with zero attached hydrogens (tertiary/aromatic N) is 1. The number of amides is 1. The van der Waals surface area contributed by atoms with E-state index in [4.69, 9.17) is 14.2 Å². The lowest BCUT2D eigenvalue weighted by molar-refractivity contribution is -0.0334. The van der Waals surface area contributed by atoms with Crippen molar-refractivity contribution >= 4 is 6.09 Å². The SMILES string of the molecule is C1COCCO1.CC(C)(C)OC(=O)N1CCCCC1. The van der Waals surface area contributed by atoms with Crippen LogP contribution >= 0.6 is 0 Å². The van der Waals surface area contributed by atoms with Gasteiger partial charge in [-0.25, -0.2) is 4.79 Å². The number of hydrogen-bond acceptors (Lipinski definition) is 4. The third-order valence-electron chi connectivity index (χ3n) is 2.75. The van der Waals surface area contributed by atoms with Gasteiger partial charge in [-0.15, -0.1) is 0 Å². The smallest absolute Gasteiger partial charge is 0.410 e. The summed E-state index contributed by atoms with van der Waals surface area (Å²) in [6.45, 7) is 10.5. The summed E-state index contributed by atoms with van der Waals surface area (Å²) in [4.78, 5) is 13.3. The van der Waals surface area contributed by atoms with Crippen molar-refractivity contribution in [2.75, 3.05) is 39.5 Å². The first-order chi connectivity index (χ1) is 8.99. The highest BCUT2D eigenvalue weighted by atomic mass is 16.6. The first-order valence-electron chi connectivity index (χ1n) is 7.12. The maximum Gasteiger partial charge on any atom is 0.410 e. The van der Waals surface area contributed by atoms with Crippen molar-refractivity contribution in [3.63, 3.8) is 0 Å². The molecule has 5 heteroatoms. The van der Waals surface area contributed by atoms with Crippen LogP contribution in [0.5, 0.6) is 0 Å². The Labute approximate surface area is 116 Å². The second-order valence-corrected chi connectivity index (χ2v) is 5.75. The van der Waals surface area contributed by atoms with Gasteiger partial charge in [0.2, 0.25) is 0 Å². The molecule has 5 nitrogen and oxygen atoms in total. The highest BCUT2D eigenvalue weighted by molar-refractivity contribution is 5.68. The molecule has 2 rings (SSSR count). The van der Waals surface area contributed by atoms with Crippen LogP contribution in [0.25, 0.3) is 0 Å². The zero-order valence-electron chi connectivity index (χ0n) is 12.4. The van der Waals surface area contributed by atoms with E-state index in [0.717, 1.165) is 52.4 Å². The second-order valence-electron chi connectivity index (χ2n) is 5.75. The standard InChI is InChI=1S/C10H19NO2.C4H8O2/c1-10(2,3)13-9(12)11-7-5-4-6-8-11;1-2-6-4-3-5-1/h4-8H2,1-3H3;1-4H2. The predicted octanol–water partition coefficient (Wildman–Crippen LogP) is 2.44. The zero-order chi connectivity index (χ0) is 14.1. The van der Waals surface area contributed by atoms with Crippen LogP contribution in [0.15, 0.2) is 0 Å². The van der Waals surface area contributed by atoms with Gasteiger partial charge in [0.25, 0.3) is 0 Å². The molecule has 2 aliphatic heterocycles. The number of carbonyl (C=O) groups excluding carboxylic acids is 1. The number of likely N-dealkylation sites (tertiary alicyclic amines) is 1. The Morgan fingerprint density at radius 3 is 1.79 bits per heavy atom. The van der Waals surface area contributed by atoms with E-state index in [1.165, 1.54) is 6.42 Å². The molecule has 1 amide bonds. The molecule has 0 radical (unpaired) electrons. The van der Waals surface area contributed by atoms with Gasteiger partial charge >= 0.3 is 6.09 Å². The quantitative estimate of drug-likeness (QED) is 0.680. The lowest BCUT2D eigenvalue weighted by Crippen LogP contribution is -2.39. The Kier molecular flexibility index (Phi) is 7.16. The van der Waals surface area contributed by atoms with E-state index in [2.05, 4.69) is 0 Å². The van der Waals surface area contributed by atoms with Gasteiger partial charge in [-0.05, 0) is 40.0 Å². The molecule has 19 heavy (non-hydrogen) atoms. The lowest BCUT2D eigenvalue weighted by atomic mass is 10.1. The number of piperidine rings is 1. The summed E-state index contributed by atoms with van der Waals surface area (Å²) >= 11 is 0. The van der Waals surface area contributed by atoms with Crippen LogP contribution in [0.4, 0.5) is 4.79 Å². The van der Waals surface area contributed by atoms with E-state index in [1.807, 2.05) is 20.8 Å². The van der Waals surface area contributed by atoms with E-state index in [0.29, 0.717) is 0 Å². The van der Waals surface area contributed by atoms with Crippen molar-refractivity contribution < 1.29 is 19.0 Å². The van der Waals surface area contributed by atoms with E-state index in [9.17, 15) is 4.79 Å². The number of ether oxygens (including phenoxy) is 3. The van der Waals surface area contributed by atoms with Crippen LogP contribution in [0.3, 0.4) is 0 Å². The van der Waals surface area contributed by atoms with Crippen LogP contribution < -0.4 is 0 Å². The largest absolute Gasteiger partial charge is 0.444 e. The molecular weight excluding hydrogens is 246 g/mol. The number of hydrogen-bond donors (Lipinski definition) is 0. The minimum absolute atomic E-state index is 0.160. The minimum Gasteiger partial charge on any atom is -0.444 e. The van der Waals surface area contributed by atoms with Crippen molar-refractivity contribution in [2.24, 2.45) is 0 Å². The molecule has 0 atom stereocenters. The molecule has 2 aliphatic rings. The molecule has 112 valence electrons. The highest BCUT2D eigenvalue weighted by Gasteiger charge is 2.22. The summed E-state index contributed by atoms with van der Waals surface area (Å²) in [7, 11) is 0. The van der Waals surface area contributed by atoms with Gasteiger partial charge in [0.05, 0.1) is 26.4 Å². The molecule has 0 bridgehead atoms. The van der Waals surface area contributed by atoms with Crippen LogP contribution in [-0.2, 0) is 14.2 Å². The van der Waals surface area contributed by atoms with Crippen molar-refractivity contribution in [1.82, 2.24) is 4.90 Å². The van der Waals surface area contributed by atoms with Gasteiger partial charge in [0, 0.05) is 13.1 Å². The van der Waals surface area contributed by atoms with Crippen LogP contribution in [0, 0.1) is 0 Å². The van der Waals surface area contributed by atoms with E-state index >= 15 is 0 Å². The Hall–Kier alpha value is -0.810. The van der Waals surface area contributed by atoms with E-state index < -0.39 is 0 Å². The minimum atomic E-state index is -0.367. The Balaban J connectivity index is 0.000000250. The molecule has 0 saturated carbocycles. The van der Waals surface area contributed by atoms with Crippen LogP contribution in [-0.4, -0.2) is 56.1 Å². The molecule has 0 aromatic carbocycles. The molecule has 0 aromatic rings. The maximum atomic E-state index is 11.5. The van der Waals surface area contributed by atoms with Gasteiger partial charge in [0.15, 0.2) is 0 Å². The van der Waals surface area contributed by atoms with Gasteiger partial charge in [-0.2, -0.15) is 0 Å². The summed E-state index contributed by atoms with van der Waals surface area (Å²) in [5.41, 5.74) is -0.367. The monoisotopic (exact) mass is 273 g/mol. The van der Waals surface area contributed by atoms with Crippen LogP contribution in [0.1, 0.15) is 40.0 Å². The normalized spacial score (nSPS) is 20.3. The average molecular weight is 273 g/mol. The molecule has 0 spiro atoms. The molecule has 0 aromatic heterocycles. The fourth-order valence-corrected chi connectivity index (χ4v) is 1.84. The van der Waals surface area contributed by atoms with Gasteiger partial charge in [-0.3, -0.25) is 0 Å². The third-order valence-corrected chi connectivity index (χ3v) is 2.75. The summed E-state index contributed by atoms with van der Waals surface area (Å²) < 4.78 is 15.2. The molecule has 2 heterocycles. The predicted molar refractivity (Wildman–Crippen MR) is 73.3 cm³/mol. The molecule has 0 N–H and O–H groups in total. The fraction of sp³-hybridized carbons (Fsp3) is 0.929. The Morgan fingerprint density at radius 1 is 0.947 bits per heavy atom. The first-order valence-corrected chi connectivity index (χ1v) is 7.12. The highest BCUT2D eigenvalue weighted by Crippen LogP contribution is 2.14. The molecule has 2 saturated heterocycles. The maximum absolute atomic E-state index is 11.5. The van der Waals surface area contributed by atoms with E-state index in [1.54, 1.807) is 4.90 Å². The lowest BCUT2D eigenvalue weighted by Gasteiger charge is -2.29. The third kappa shape index (κ3) is 8.06. The Bertz CT molecular complexity index is 241. The molecular formula is C14H27NO4. The van der Waals surface area contributed by atoms with Gasteiger partial charge in [-0.1, -0.05) is 0 Å². The first kappa shape index (κ1) is 16.2. The van der Waals surface area contributed by atoms with Crippen molar-refractivity contribution in [3.8, 4) is 0 Å². The fourth-order valence-electron chi connectivity index (χ4n) is 1.84. The topological polar surface area (TPSA) is 48.0 Å². The van der Waals surface area contributed by atoms with Gasteiger partial charge < -0.3 is 19.1 Å². The van der Waals surface area contributed by atoms with E-state index in [-0.39, 0.29) is 11.7 Å².